The van der Waals surface area contributed by atoms with Crippen molar-refractivity contribution in [3.8, 4) is 44.5 Å². The normalized spacial score (nSPS) is 12.1. The lowest BCUT2D eigenvalue weighted by Gasteiger charge is -2.10. The Balaban J connectivity index is 0.858. The highest BCUT2D eigenvalue weighted by Crippen LogP contribution is 2.44. The second-order valence-corrected chi connectivity index (χ2v) is 18.5. The van der Waals surface area contributed by atoms with Gasteiger partial charge in [-0.2, -0.15) is 0 Å². The van der Waals surface area contributed by atoms with Gasteiger partial charge in [0.2, 0.25) is 0 Å². The first-order valence-electron chi connectivity index (χ1n) is 23.3. The molecule has 0 saturated carbocycles. The van der Waals surface area contributed by atoms with E-state index in [-0.39, 0.29) is 0 Å². The van der Waals surface area contributed by atoms with Crippen molar-refractivity contribution in [1.82, 2.24) is 0 Å². The van der Waals surface area contributed by atoms with Crippen molar-refractivity contribution in [3.63, 3.8) is 0 Å². The maximum absolute atomic E-state index is 6.82. The standard InChI is InChI=1S/C64H42O4/c1-36-25-27-57-54(29-36)50-23-9-17-45(61(50)65-57)41-13-6-14-42(34-41)46-18-10-24-51-55-31-39(26-28-58(55)66-62(46)51)30-40-32-53(64-56(33-40)52-21-5-12-38(3)60(52)68-64)44-16-7-15-43(35-44)47-19-8-22-49-48-20-4-11-37(2)59(48)67-63(47)49/h4-29,31-35H,30H2,1-3H3. The van der Waals surface area contributed by atoms with E-state index in [1.54, 1.807) is 0 Å². The average Bonchev–Trinajstić information content (AvgIpc) is 4.15. The quantitative estimate of drug-likeness (QED) is 0.167. The van der Waals surface area contributed by atoms with Crippen molar-refractivity contribution in [2.24, 2.45) is 0 Å². The Hall–Kier alpha value is -8.60. The first kappa shape index (κ1) is 38.6. The number of rotatable bonds is 6. The minimum atomic E-state index is 0.732. The van der Waals surface area contributed by atoms with Gasteiger partial charge in [-0.1, -0.05) is 145 Å². The lowest BCUT2D eigenvalue weighted by atomic mass is 9.93. The summed E-state index contributed by atoms with van der Waals surface area (Å²) < 4.78 is 26.7. The van der Waals surface area contributed by atoms with Gasteiger partial charge in [0.05, 0.1) is 0 Å². The molecule has 4 heteroatoms. The number of aryl methyl sites for hydroxylation is 3. The molecule has 4 aromatic heterocycles. The minimum absolute atomic E-state index is 0.732. The Morgan fingerprint density at radius 1 is 0.279 bits per heavy atom. The molecule has 0 fully saturated rings. The first-order valence-corrected chi connectivity index (χ1v) is 23.3. The Kier molecular flexibility index (Phi) is 8.36. The van der Waals surface area contributed by atoms with Crippen LogP contribution < -0.4 is 0 Å². The molecule has 0 amide bonds. The zero-order valence-electron chi connectivity index (χ0n) is 37.7. The Labute approximate surface area is 391 Å². The number of furan rings is 4. The van der Waals surface area contributed by atoms with E-state index < -0.39 is 0 Å². The molecule has 4 heterocycles. The maximum atomic E-state index is 6.82. The second-order valence-electron chi connectivity index (χ2n) is 18.5. The average molecular weight is 875 g/mol. The van der Waals surface area contributed by atoms with E-state index >= 15 is 0 Å². The van der Waals surface area contributed by atoms with Crippen molar-refractivity contribution in [1.29, 1.82) is 0 Å². The van der Waals surface area contributed by atoms with Gasteiger partial charge >= 0.3 is 0 Å². The van der Waals surface area contributed by atoms with Crippen molar-refractivity contribution < 1.29 is 17.7 Å². The second kappa shape index (κ2) is 14.7. The van der Waals surface area contributed by atoms with Gasteiger partial charge in [0, 0.05) is 65.3 Å². The molecule has 14 rings (SSSR count). The van der Waals surface area contributed by atoms with Crippen LogP contribution in [0.1, 0.15) is 27.8 Å². The third-order valence-electron chi connectivity index (χ3n) is 14.2. The Bertz CT molecular complexity index is 4390. The summed E-state index contributed by atoms with van der Waals surface area (Å²) in [5.41, 5.74) is 21.7. The van der Waals surface area contributed by atoms with Crippen LogP contribution in [0.3, 0.4) is 0 Å². The Morgan fingerprint density at radius 2 is 0.691 bits per heavy atom. The van der Waals surface area contributed by atoms with E-state index in [0.29, 0.717) is 0 Å². The van der Waals surface area contributed by atoms with Crippen LogP contribution >= 0.6 is 0 Å². The van der Waals surface area contributed by atoms with E-state index in [4.69, 9.17) is 17.7 Å². The highest BCUT2D eigenvalue weighted by atomic mass is 16.3. The number of fused-ring (bicyclic) bond motifs is 12. The molecule has 68 heavy (non-hydrogen) atoms. The number of benzene rings is 10. The van der Waals surface area contributed by atoms with Gasteiger partial charge in [-0.3, -0.25) is 0 Å². The fourth-order valence-corrected chi connectivity index (χ4v) is 10.9. The summed E-state index contributed by atoms with van der Waals surface area (Å²) in [6, 6.07) is 67.4. The van der Waals surface area contributed by atoms with Gasteiger partial charge in [-0.15, -0.1) is 0 Å². The van der Waals surface area contributed by atoms with Gasteiger partial charge in [0.1, 0.15) is 44.7 Å². The molecule has 0 atom stereocenters. The fourth-order valence-electron chi connectivity index (χ4n) is 10.9. The van der Waals surface area contributed by atoms with Gasteiger partial charge < -0.3 is 17.7 Å². The molecule has 10 aromatic carbocycles. The molecule has 0 radical (unpaired) electrons. The predicted molar refractivity (Wildman–Crippen MR) is 281 cm³/mol. The van der Waals surface area contributed by atoms with Gasteiger partial charge in [-0.25, -0.2) is 0 Å². The van der Waals surface area contributed by atoms with Crippen LogP contribution in [0.15, 0.2) is 206 Å². The van der Waals surface area contributed by atoms with Crippen molar-refractivity contribution in [2.45, 2.75) is 27.2 Å². The molecule has 0 aliphatic carbocycles. The van der Waals surface area contributed by atoms with E-state index in [2.05, 4.69) is 209 Å². The third-order valence-corrected chi connectivity index (χ3v) is 14.2. The molecule has 14 aromatic rings. The van der Waals surface area contributed by atoms with Crippen LogP contribution in [-0.4, -0.2) is 0 Å². The Morgan fingerprint density at radius 3 is 1.26 bits per heavy atom. The first-order chi connectivity index (χ1) is 33.4. The smallest absolute Gasteiger partial charge is 0.143 e. The summed E-state index contributed by atoms with van der Waals surface area (Å²) in [6.07, 6.45) is 0.732. The predicted octanol–water partition coefficient (Wildman–Crippen LogP) is 18.5. The molecule has 0 aliphatic heterocycles. The van der Waals surface area contributed by atoms with Crippen molar-refractivity contribution in [2.75, 3.05) is 0 Å². The largest absolute Gasteiger partial charge is 0.455 e. The molecule has 0 spiro atoms. The summed E-state index contributed by atoms with van der Waals surface area (Å²) in [5, 5.41) is 8.97. The highest BCUT2D eigenvalue weighted by Gasteiger charge is 2.20. The number of para-hydroxylation sites is 5. The SMILES string of the molecule is Cc1ccc2oc3c(-c4cccc(-c5cccc6c5oc5ccc(Cc7cc(-c8cccc(-c9cccc%10c9oc9c(C)cccc9%10)c8)c8oc9c(C)cccc9c8c7)cc56)c4)cccc3c2c1. The summed E-state index contributed by atoms with van der Waals surface area (Å²) in [4.78, 5) is 0. The monoisotopic (exact) mass is 874 g/mol. The molecule has 4 nitrogen and oxygen atoms in total. The summed E-state index contributed by atoms with van der Waals surface area (Å²) in [5.74, 6) is 0. The lowest BCUT2D eigenvalue weighted by molar-refractivity contribution is 0.666. The summed E-state index contributed by atoms with van der Waals surface area (Å²) in [7, 11) is 0. The fraction of sp³-hybridized carbons (Fsp3) is 0.0625. The highest BCUT2D eigenvalue weighted by molar-refractivity contribution is 6.14. The molecule has 0 unspecified atom stereocenters. The van der Waals surface area contributed by atoms with E-state index in [0.717, 1.165) is 150 Å². The summed E-state index contributed by atoms with van der Waals surface area (Å²) in [6.45, 7) is 6.35. The molecule has 0 aliphatic rings. The van der Waals surface area contributed by atoms with Crippen LogP contribution in [0.4, 0.5) is 0 Å². The van der Waals surface area contributed by atoms with E-state index in [1.807, 2.05) is 0 Å². The van der Waals surface area contributed by atoms with Crippen LogP contribution in [0.2, 0.25) is 0 Å². The zero-order valence-corrected chi connectivity index (χ0v) is 37.7. The van der Waals surface area contributed by atoms with Gasteiger partial charge in [0.15, 0.2) is 0 Å². The molecule has 0 saturated heterocycles. The van der Waals surface area contributed by atoms with Crippen LogP contribution in [-0.2, 0) is 6.42 Å². The van der Waals surface area contributed by atoms with Crippen LogP contribution in [0, 0.1) is 20.8 Å². The van der Waals surface area contributed by atoms with Gasteiger partial charge in [0.25, 0.3) is 0 Å². The van der Waals surface area contributed by atoms with E-state index in [1.165, 1.54) is 16.7 Å². The molecular weight excluding hydrogens is 833 g/mol. The van der Waals surface area contributed by atoms with E-state index in [9.17, 15) is 0 Å². The van der Waals surface area contributed by atoms with Crippen LogP contribution in [0.5, 0.6) is 0 Å². The number of hydrogen-bond donors (Lipinski definition) is 0. The maximum Gasteiger partial charge on any atom is 0.143 e. The molecule has 0 N–H and O–H groups in total. The summed E-state index contributed by atoms with van der Waals surface area (Å²) >= 11 is 0. The molecule has 322 valence electrons. The third kappa shape index (κ3) is 5.93. The lowest BCUT2D eigenvalue weighted by Crippen LogP contribution is -1.91. The van der Waals surface area contributed by atoms with Crippen molar-refractivity contribution >= 4 is 87.8 Å². The minimum Gasteiger partial charge on any atom is -0.455 e. The van der Waals surface area contributed by atoms with Crippen molar-refractivity contribution in [3.05, 3.63) is 216 Å². The topological polar surface area (TPSA) is 52.6 Å². The number of hydrogen-bond acceptors (Lipinski definition) is 4. The van der Waals surface area contributed by atoms with Gasteiger partial charge in [-0.05, 0) is 120 Å². The zero-order chi connectivity index (χ0) is 45.2. The van der Waals surface area contributed by atoms with Crippen LogP contribution in [0.25, 0.3) is 132 Å². The molecular formula is C64H42O4. The molecule has 0 bridgehead atoms.